The molecular formula is C10H6Br2ClFN2. The number of benzene rings is 1. The van der Waals surface area contributed by atoms with Crippen LogP contribution in [0.2, 0.25) is 5.02 Å². The minimum absolute atomic E-state index is 0.304. The van der Waals surface area contributed by atoms with E-state index in [1.54, 1.807) is 10.7 Å². The molecule has 1 aromatic heterocycles. The molecule has 0 aliphatic rings. The van der Waals surface area contributed by atoms with Gasteiger partial charge in [-0.3, -0.25) is 4.68 Å². The summed E-state index contributed by atoms with van der Waals surface area (Å²) in [5.41, 5.74) is 0.693. The van der Waals surface area contributed by atoms with E-state index >= 15 is 0 Å². The Labute approximate surface area is 114 Å². The highest BCUT2D eigenvalue weighted by molar-refractivity contribution is 9.11. The Morgan fingerprint density at radius 3 is 2.69 bits per heavy atom. The predicted octanol–water partition coefficient (Wildman–Crippen LogP) is 4.25. The Hall–Kier alpha value is -0.390. The molecule has 2 nitrogen and oxygen atoms in total. The average Bonchev–Trinajstić information content (AvgIpc) is 2.51. The molecular weight excluding hydrogens is 362 g/mol. The van der Waals surface area contributed by atoms with Crippen molar-refractivity contribution in [3.05, 3.63) is 49.9 Å². The van der Waals surface area contributed by atoms with Crippen molar-refractivity contribution < 1.29 is 4.39 Å². The zero-order valence-corrected chi connectivity index (χ0v) is 11.9. The van der Waals surface area contributed by atoms with Crippen LogP contribution >= 0.6 is 43.5 Å². The van der Waals surface area contributed by atoms with Gasteiger partial charge in [0, 0.05) is 11.1 Å². The molecule has 2 rings (SSSR count). The van der Waals surface area contributed by atoms with Crippen molar-refractivity contribution in [2.24, 2.45) is 0 Å². The summed E-state index contributed by atoms with van der Waals surface area (Å²) in [5, 5.41) is 4.71. The van der Waals surface area contributed by atoms with Gasteiger partial charge in [-0.25, -0.2) is 4.39 Å². The molecule has 0 bridgehead atoms. The smallest absolute Gasteiger partial charge is 0.129 e. The average molecular weight is 368 g/mol. The van der Waals surface area contributed by atoms with E-state index in [0.29, 0.717) is 21.7 Å². The lowest BCUT2D eigenvalue weighted by atomic mass is 10.2. The Morgan fingerprint density at radius 1 is 1.31 bits per heavy atom. The summed E-state index contributed by atoms with van der Waals surface area (Å²) in [6.45, 7) is 0.419. The molecule has 0 fully saturated rings. The molecule has 1 heterocycles. The predicted molar refractivity (Wildman–Crippen MR) is 68.1 cm³/mol. The summed E-state index contributed by atoms with van der Waals surface area (Å²) in [5.74, 6) is -0.304. The summed E-state index contributed by atoms with van der Waals surface area (Å²) in [6, 6.07) is 6.09. The SMILES string of the molecule is Fc1ccc(Cl)c(Cn2nc(Br)cc2Br)c1. The first-order valence-corrected chi connectivity index (χ1v) is 6.35. The minimum Gasteiger partial charge on any atom is -0.253 e. The Balaban J connectivity index is 2.33. The topological polar surface area (TPSA) is 17.8 Å². The van der Waals surface area contributed by atoms with Gasteiger partial charge < -0.3 is 0 Å². The van der Waals surface area contributed by atoms with Crippen LogP contribution in [0.4, 0.5) is 4.39 Å². The molecule has 0 N–H and O–H groups in total. The molecule has 6 heteroatoms. The number of halogens is 4. The lowest BCUT2D eigenvalue weighted by molar-refractivity contribution is 0.617. The number of rotatable bonds is 2. The first kappa shape index (κ1) is 12.1. The van der Waals surface area contributed by atoms with Crippen LogP contribution in [0.5, 0.6) is 0 Å². The summed E-state index contributed by atoms with van der Waals surface area (Å²) in [4.78, 5) is 0. The summed E-state index contributed by atoms with van der Waals surface area (Å²) < 4.78 is 16.3. The van der Waals surface area contributed by atoms with Crippen molar-refractivity contribution in [3.63, 3.8) is 0 Å². The van der Waals surface area contributed by atoms with E-state index in [9.17, 15) is 4.39 Å². The summed E-state index contributed by atoms with van der Waals surface area (Å²) in [7, 11) is 0. The van der Waals surface area contributed by atoms with Crippen LogP contribution in [0, 0.1) is 5.82 Å². The lowest BCUT2D eigenvalue weighted by Crippen LogP contribution is -2.03. The third-order valence-electron chi connectivity index (χ3n) is 2.03. The zero-order valence-electron chi connectivity index (χ0n) is 7.92. The van der Waals surface area contributed by atoms with Crippen LogP contribution in [0.25, 0.3) is 0 Å². The third-order valence-corrected chi connectivity index (χ3v) is 3.42. The third kappa shape index (κ3) is 2.64. The van der Waals surface area contributed by atoms with E-state index in [2.05, 4.69) is 37.0 Å². The maximum absolute atomic E-state index is 13.0. The van der Waals surface area contributed by atoms with Crippen LogP contribution in [-0.4, -0.2) is 9.78 Å². The Kier molecular flexibility index (Phi) is 3.66. The molecule has 1 aromatic carbocycles. The molecule has 2 aromatic rings. The molecule has 0 spiro atoms. The van der Waals surface area contributed by atoms with Crippen LogP contribution in [0.1, 0.15) is 5.56 Å². The Bertz CT molecular complexity index is 528. The lowest BCUT2D eigenvalue weighted by Gasteiger charge is -2.05. The van der Waals surface area contributed by atoms with Gasteiger partial charge in [0.15, 0.2) is 0 Å². The molecule has 0 atom stereocenters. The van der Waals surface area contributed by atoms with Crippen LogP contribution in [0.3, 0.4) is 0 Å². The van der Waals surface area contributed by atoms with E-state index in [1.165, 1.54) is 12.1 Å². The highest BCUT2D eigenvalue weighted by Crippen LogP contribution is 2.22. The van der Waals surface area contributed by atoms with Gasteiger partial charge in [-0.05, 0) is 55.6 Å². The highest BCUT2D eigenvalue weighted by Gasteiger charge is 2.07. The van der Waals surface area contributed by atoms with Crippen molar-refractivity contribution in [1.29, 1.82) is 0 Å². The monoisotopic (exact) mass is 366 g/mol. The first-order chi connectivity index (χ1) is 7.56. The van der Waals surface area contributed by atoms with E-state index in [4.69, 9.17) is 11.6 Å². The molecule has 0 unspecified atom stereocenters. The van der Waals surface area contributed by atoms with Crippen LogP contribution in [0.15, 0.2) is 33.5 Å². The highest BCUT2D eigenvalue weighted by atomic mass is 79.9. The van der Waals surface area contributed by atoms with Crippen molar-refractivity contribution in [3.8, 4) is 0 Å². The van der Waals surface area contributed by atoms with E-state index < -0.39 is 0 Å². The van der Waals surface area contributed by atoms with E-state index in [1.807, 2.05) is 6.07 Å². The normalized spacial score (nSPS) is 10.8. The summed E-state index contributed by atoms with van der Waals surface area (Å²) >= 11 is 12.6. The maximum atomic E-state index is 13.0. The van der Waals surface area contributed by atoms with Crippen LogP contribution < -0.4 is 0 Å². The first-order valence-electron chi connectivity index (χ1n) is 4.39. The number of hydrogen-bond acceptors (Lipinski definition) is 1. The fourth-order valence-corrected chi connectivity index (χ4v) is 2.62. The van der Waals surface area contributed by atoms with Gasteiger partial charge in [0.1, 0.15) is 15.0 Å². The van der Waals surface area contributed by atoms with Crippen molar-refractivity contribution in [1.82, 2.24) is 9.78 Å². The van der Waals surface area contributed by atoms with Crippen molar-refractivity contribution in [2.75, 3.05) is 0 Å². The largest absolute Gasteiger partial charge is 0.253 e. The van der Waals surface area contributed by atoms with Gasteiger partial charge in [-0.15, -0.1) is 0 Å². The number of nitrogens with zero attached hydrogens (tertiary/aromatic N) is 2. The van der Waals surface area contributed by atoms with Crippen molar-refractivity contribution in [2.45, 2.75) is 6.54 Å². The standard InChI is InChI=1S/C10H6Br2ClFN2/c11-9-4-10(12)16(15-9)5-6-3-7(14)1-2-8(6)13/h1-4H,5H2. The fraction of sp³-hybridized carbons (Fsp3) is 0.100. The molecule has 0 aliphatic heterocycles. The number of aromatic nitrogens is 2. The molecule has 16 heavy (non-hydrogen) atoms. The maximum Gasteiger partial charge on any atom is 0.129 e. The van der Waals surface area contributed by atoms with Gasteiger partial charge in [-0.1, -0.05) is 11.6 Å². The fourth-order valence-electron chi connectivity index (χ4n) is 1.30. The van der Waals surface area contributed by atoms with Gasteiger partial charge in [0.2, 0.25) is 0 Å². The quantitative estimate of drug-likeness (QED) is 0.775. The molecule has 0 aliphatic carbocycles. The second-order valence-electron chi connectivity index (χ2n) is 3.18. The molecule has 0 saturated heterocycles. The Morgan fingerprint density at radius 2 is 2.06 bits per heavy atom. The second kappa shape index (κ2) is 4.85. The van der Waals surface area contributed by atoms with Crippen LogP contribution in [-0.2, 0) is 6.54 Å². The number of hydrogen-bond donors (Lipinski definition) is 0. The summed E-state index contributed by atoms with van der Waals surface area (Å²) in [6.07, 6.45) is 0. The van der Waals surface area contributed by atoms with Gasteiger partial charge >= 0.3 is 0 Å². The minimum atomic E-state index is -0.304. The second-order valence-corrected chi connectivity index (χ2v) is 5.22. The molecule has 0 saturated carbocycles. The van der Waals surface area contributed by atoms with Crippen molar-refractivity contribution >= 4 is 43.5 Å². The molecule has 84 valence electrons. The van der Waals surface area contributed by atoms with Gasteiger partial charge in [0.25, 0.3) is 0 Å². The van der Waals surface area contributed by atoms with Gasteiger partial charge in [-0.2, -0.15) is 5.10 Å². The molecule has 0 radical (unpaired) electrons. The zero-order chi connectivity index (χ0) is 11.7. The van der Waals surface area contributed by atoms with E-state index in [0.717, 1.165) is 4.60 Å². The van der Waals surface area contributed by atoms with E-state index in [-0.39, 0.29) is 5.82 Å². The van der Waals surface area contributed by atoms with Gasteiger partial charge in [0.05, 0.1) is 6.54 Å². The molecule has 0 amide bonds.